The van der Waals surface area contributed by atoms with Crippen molar-refractivity contribution in [3.8, 4) is 29.1 Å². The normalized spacial score (nSPS) is 17.2. The maximum absolute atomic E-state index is 13.7. The Morgan fingerprint density at radius 1 is 0.523 bits per heavy atom. The fourth-order valence-electron chi connectivity index (χ4n) is 9.35. The Balaban J connectivity index is 0.899. The smallest absolute Gasteiger partial charge is 0.330 e. The molecule has 0 saturated heterocycles. The van der Waals surface area contributed by atoms with Gasteiger partial charge in [-0.1, -0.05) is 60.9 Å². The van der Waals surface area contributed by atoms with Crippen molar-refractivity contribution in [2.75, 3.05) is 26.4 Å². The van der Waals surface area contributed by atoms with E-state index in [0.29, 0.717) is 103 Å². The van der Waals surface area contributed by atoms with Crippen LogP contribution in [0.2, 0.25) is 0 Å². The lowest BCUT2D eigenvalue weighted by Gasteiger charge is -2.26. The Morgan fingerprint density at radius 3 is 1.18 bits per heavy atom. The van der Waals surface area contributed by atoms with Crippen LogP contribution in [0.5, 0.6) is 23.0 Å². The summed E-state index contributed by atoms with van der Waals surface area (Å²) < 4.78 is 53.8. The van der Waals surface area contributed by atoms with Crippen molar-refractivity contribution in [3.05, 3.63) is 118 Å². The van der Waals surface area contributed by atoms with Crippen LogP contribution < -0.4 is 18.9 Å². The van der Waals surface area contributed by atoms with Crippen LogP contribution in [0.25, 0.3) is 4.85 Å². The average Bonchev–Trinajstić information content (AvgIpc) is 1.89. The first-order valence-corrected chi connectivity index (χ1v) is 30.4. The molecular weight excluding hydrogens is 1180 g/mol. The number of ether oxygens (including phenoxy) is 10. The van der Waals surface area contributed by atoms with Crippen LogP contribution in [-0.2, 0) is 89.2 Å². The van der Waals surface area contributed by atoms with E-state index in [-0.39, 0.29) is 69.3 Å². The van der Waals surface area contributed by atoms with Crippen molar-refractivity contribution in [1.29, 1.82) is 5.26 Å². The van der Waals surface area contributed by atoms with Gasteiger partial charge in [-0.25, -0.2) is 19.7 Å². The molecule has 24 heteroatoms. The largest absolute Gasteiger partial charge is 0.463 e. The van der Waals surface area contributed by atoms with Crippen molar-refractivity contribution in [1.82, 2.24) is 0 Å². The molecule has 0 radical (unpaired) electrons. The molecule has 0 bridgehead atoms. The third-order valence-corrected chi connectivity index (χ3v) is 16.9. The SMILES string of the molecule is [C-]#[N+]C(C#N)=C1Sc2c(OC(=O)C3CCC(C(=O)Oc4ccc(CCC(C)OC(=O)CCC(=O)OCCOC(=O)C=C)cc4)CC3)ccc(OC(=O)C3CCC(C(=O)Oc4ccc(CCC(C)OC(=O)CCC(=O)OCCOC(=O)C=C)cc4)CC3)c2S1. The zero-order valence-electron chi connectivity index (χ0n) is 48.8. The zero-order chi connectivity index (χ0) is 63.5. The Hall–Kier alpha value is -8.74. The van der Waals surface area contributed by atoms with E-state index in [1.54, 1.807) is 62.4 Å². The molecule has 0 N–H and O–H groups in total. The Morgan fingerprint density at radius 2 is 0.852 bits per heavy atom. The number of benzene rings is 3. The number of esters is 10. The average molecular weight is 1250 g/mol. The molecule has 0 amide bonds. The molecule has 3 aliphatic rings. The van der Waals surface area contributed by atoms with Gasteiger partial charge in [-0.2, -0.15) is 0 Å². The number of nitriles is 1. The molecule has 2 saturated carbocycles. The molecule has 2 unspecified atom stereocenters. The van der Waals surface area contributed by atoms with Gasteiger partial charge in [-0.15, -0.1) is 0 Å². The summed E-state index contributed by atoms with van der Waals surface area (Å²) in [6.07, 6.45) is 5.41. The molecule has 3 aromatic rings. The number of carbonyl (C=O) groups is 10. The second kappa shape index (κ2) is 35.2. The molecule has 88 heavy (non-hydrogen) atoms. The van der Waals surface area contributed by atoms with E-state index in [1.807, 2.05) is 6.07 Å². The van der Waals surface area contributed by atoms with Gasteiger partial charge in [-0.3, -0.25) is 38.4 Å². The van der Waals surface area contributed by atoms with Crippen molar-refractivity contribution < 1.29 is 95.3 Å². The van der Waals surface area contributed by atoms with Crippen LogP contribution in [0.4, 0.5) is 0 Å². The lowest BCUT2D eigenvalue weighted by atomic mass is 9.82. The highest BCUT2D eigenvalue weighted by atomic mass is 32.2. The zero-order valence-corrected chi connectivity index (χ0v) is 50.5. The number of allylic oxidation sites excluding steroid dienone is 1. The predicted molar refractivity (Wildman–Crippen MR) is 314 cm³/mol. The molecule has 0 aromatic heterocycles. The van der Waals surface area contributed by atoms with Gasteiger partial charge in [0.1, 0.15) is 49.4 Å². The summed E-state index contributed by atoms with van der Waals surface area (Å²) >= 11 is 2.13. The van der Waals surface area contributed by atoms with E-state index in [4.69, 9.17) is 53.9 Å². The minimum Gasteiger partial charge on any atom is -0.463 e. The number of hydrogen-bond acceptors (Lipinski definition) is 23. The van der Waals surface area contributed by atoms with E-state index in [0.717, 1.165) is 46.8 Å². The maximum atomic E-state index is 13.7. The van der Waals surface area contributed by atoms with Gasteiger partial charge < -0.3 is 47.4 Å². The van der Waals surface area contributed by atoms with Crippen molar-refractivity contribution in [2.45, 2.75) is 139 Å². The molecule has 2 aliphatic carbocycles. The molecule has 22 nitrogen and oxygen atoms in total. The van der Waals surface area contributed by atoms with Crippen LogP contribution in [0.15, 0.2) is 106 Å². The number of hydrogen-bond donors (Lipinski definition) is 0. The summed E-state index contributed by atoms with van der Waals surface area (Å²) in [5.41, 5.74) is 1.65. The van der Waals surface area contributed by atoms with E-state index in [9.17, 15) is 53.2 Å². The molecular formula is C64H68N2O20S2. The molecule has 6 rings (SSSR count). The summed E-state index contributed by atoms with van der Waals surface area (Å²) in [6, 6.07) is 18.8. The number of rotatable bonds is 30. The topological polar surface area (TPSA) is 291 Å². The number of fused-ring (bicyclic) bond motifs is 1. The predicted octanol–water partition coefficient (Wildman–Crippen LogP) is 9.96. The van der Waals surface area contributed by atoms with Gasteiger partial charge in [0.05, 0.1) is 88.2 Å². The second-order valence-corrected chi connectivity index (χ2v) is 23.0. The summed E-state index contributed by atoms with van der Waals surface area (Å²) in [7, 11) is 0. The molecule has 2 fully saturated rings. The van der Waals surface area contributed by atoms with Crippen LogP contribution in [-0.4, -0.2) is 98.3 Å². The van der Waals surface area contributed by atoms with Gasteiger partial charge in [-0.05, 0) is 138 Å². The minimum absolute atomic E-state index is 0.125. The summed E-state index contributed by atoms with van der Waals surface area (Å²) in [6.45, 7) is 17.1. The number of nitrogens with zero attached hydrogens (tertiary/aromatic N) is 2. The minimum atomic E-state index is -0.638. The first kappa shape index (κ1) is 68.4. The van der Waals surface area contributed by atoms with Crippen LogP contribution in [0, 0.1) is 41.6 Å². The lowest BCUT2D eigenvalue weighted by molar-refractivity contribution is -0.154. The highest BCUT2D eigenvalue weighted by molar-refractivity contribution is 8.24. The van der Waals surface area contributed by atoms with Gasteiger partial charge in [0.2, 0.25) is 0 Å². The van der Waals surface area contributed by atoms with Gasteiger partial charge in [0.25, 0.3) is 5.70 Å². The Kier molecular flexibility index (Phi) is 27.3. The summed E-state index contributed by atoms with van der Waals surface area (Å²) in [4.78, 5) is 128. The molecule has 1 aliphatic heterocycles. The number of aryl methyl sites for hydroxylation is 2. The monoisotopic (exact) mass is 1250 g/mol. The molecule has 3 aromatic carbocycles. The van der Waals surface area contributed by atoms with Gasteiger partial charge in [0.15, 0.2) is 0 Å². The fraction of sp³-hybridized carbons (Fsp3) is 0.438. The molecule has 1 heterocycles. The van der Waals surface area contributed by atoms with E-state index >= 15 is 0 Å². The summed E-state index contributed by atoms with van der Waals surface area (Å²) in [5, 5.41) is 9.73. The van der Waals surface area contributed by atoms with Gasteiger partial charge >= 0.3 is 59.7 Å². The van der Waals surface area contributed by atoms with E-state index in [2.05, 4.69) is 18.0 Å². The highest BCUT2D eigenvalue weighted by Crippen LogP contribution is 2.59. The quantitative estimate of drug-likeness (QED) is 0.0114. The van der Waals surface area contributed by atoms with Crippen molar-refractivity contribution in [3.63, 3.8) is 0 Å². The van der Waals surface area contributed by atoms with Crippen molar-refractivity contribution in [2.24, 2.45) is 23.7 Å². The Bertz CT molecular complexity index is 2960. The second-order valence-electron chi connectivity index (χ2n) is 20.7. The highest BCUT2D eigenvalue weighted by Gasteiger charge is 2.37. The molecule has 2 atom stereocenters. The van der Waals surface area contributed by atoms with Gasteiger partial charge in [0, 0.05) is 12.2 Å². The lowest BCUT2D eigenvalue weighted by Crippen LogP contribution is -2.30. The summed E-state index contributed by atoms with van der Waals surface area (Å²) in [5.74, 6) is -6.50. The first-order chi connectivity index (χ1) is 42.3. The number of thioether (sulfide) groups is 2. The van der Waals surface area contributed by atoms with Crippen molar-refractivity contribution >= 4 is 83.2 Å². The third kappa shape index (κ3) is 22.2. The number of carbonyl (C=O) groups excluding carboxylic acids is 10. The first-order valence-electron chi connectivity index (χ1n) is 28.7. The third-order valence-electron chi connectivity index (χ3n) is 14.3. The molecule has 466 valence electrons. The van der Waals surface area contributed by atoms with Crippen LogP contribution in [0.3, 0.4) is 0 Å². The van der Waals surface area contributed by atoms with E-state index < -0.39 is 95.6 Å². The fourth-order valence-corrected chi connectivity index (χ4v) is 11.8. The molecule has 0 spiro atoms. The standard InChI is InChI=1S/C64H68N2O20S2/c1-6-52(67)77-34-36-79-54(69)30-32-56(71)81-39(3)8-10-41-12-24-47(25-13-41)83-60(73)43-16-20-45(21-17-43)62(75)85-50-28-29-51(59-58(50)87-64(88-59)49(38-65)66-5)86-63(76)46-22-18-44(19-23-46)61(74)84-48-26-14-42(15-27-48)11-9-40(4)82-57(72)33-31-55(70)80-37-35-78-53(68)7-2/h6-7,12-15,24-29,39-40,43-46H,1-2,8-11,16-23,30-37H2,3-4H3. The Labute approximate surface area is 517 Å². The van der Waals surface area contributed by atoms with Crippen LogP contribution in [0.1, 0.15) is 115 Å². The maximum Gasteiger partial charge on any atom is 0.330 e. The van der Waals surface area contributed by atoms with Crippen LogP contribution >= 0.6 is 23.5 Å². The van der Waals surface area contributed by atoms with E-state index in [1.165, 1.54) is 12.1 Å².